The highest BCUT2D eigenvalue weighted by molar-refractivity contribution is 5.93. The van der Waals surface area contributed by atoms with Gasteiger partial charge in [-0.2, -0.15) is 9.90 Å². The van der Waals surface area contributed by atoms with E-state index in [1.165, 1.54) is 4.80 Å². The molecular weight excluding hydrogens is 268 g/mol. The van der Waals surface area contributed by atoms with E-state index in [1.54, 1.807) is 4.90 Å². The summed E-state index contributed by atoms with van der Waals surface area (Å²) in [5.41, 5.74) is 1.89. The minimum absolute atomic E-state index is 0.0622. The van der Waals surface area contributed by atoms with Gasteiger partial charge in [-0.05, 0) is 26.0 Å². The van der Waals surface area contributed by atoms with Gasteiger partial charge in [-0.3, -0.25) is 4.79 Å². The number of para-hydroxylation sites is 1. The Morgan fingerprint density at radius 3 is 2.76 bits per heavy atom. The van der Waals surface area contributed by atoms with Gasteiger partial charge in [-0.25, -0.2) is 0 Å². The fourth-order valence-electron chi connectivity index (χ4n) is 2.41. The molecule has 6 heteroatoms. The summed E-state index contributed by atoms with van der Waals surface area (Å²) in [4.78, 5) is 15.8. The maximum atomic E-state index is 12.6. The summed E-state index contributed by atoms with van der Waals surface area (Å²) in [6.07, 6.45) is 0.0622. The second kappa shape index (κ2) is 5.65. The molecule has 3 rings (SSSR count). The number of aromatic nitrogens is 3. The lowest BCUT2D eigenvalue weighted by atomic mass is 10.2. The maximum Gasteiger partial charge on any atom is 0.276 e. The smallest absolute Gasteiger partial charge is 0.276 e. The van der Waals surface area contributed by atoms with E-state index in [0.29, 0.717) is 31.1 Å². The first-order valence-electron chi connectivity index (χ1n) is 7.05. The van der Waals surface area contributed by atoms with Gasteiger partial charge in [0.15, 0.2) is 5.69 Å². The van der Waals surface area contributed by atoms with Crippen LogP contribution < -0.4 is 0 Å². The molecule has 21 heavy (non-hydrogen) atoms. The van der Waals surface area contributed by atoms with E-state index in [1.807, 2.05) is 44.2 Å². The largest absolute Gasteiger partial charge is 0.375 e. The van der Waals surface area contributed by atoms with Crippen molar-refractivity contribution in [3.8, 4) is 5.69 Å². The van der Waals surface area contributed by atoms with Crippen molar-refractivity contribution in [2.24, 2.45) is 0 Å². The highest BCUT2D eigenvalue weighted by Gasteiger charge is 2.26. The van der Waals surface area contributed by atoms with Gasteiger partial charge >= 0.3 is 0 Å². The zero-order valence-electron chi connectivity index (χ0n) is 12.2. The summed E-state index contributed by atoms with van der Waals surface area (Å²) in [6.45, 7) is 5.53. The first kappa shape index (κ1) is 13.8. The fourth-order valence-corrected chi connectivity index (χ4v) is 2.41. The van der Waals surface area contributed by atoms with Crippen LogP contribution in [-0.2, 0) is 4.74 Å². The van der Waals surface area contributed by atoms with Crippen molar-refractivity contribution >= 4 is 5.91 Å². The van der Waals surface area contributed by atoms with E-state index in [2.05, 4.69) is 10.2 Å². The summed E-state index contributed by atoms with van der Waals surface area (Å²) in [5.74, 6) is -0.0789. The molecule has 1 fully saturated rings. The summed E-state index contributed by atoms with van der Waals surface area (Å²) in [6, 6.07) is 9.58. The highest BCUT2D eigenvalue weighted by atomic mass is 16.5. The van der Waals surface area contributed by atoms with Gasteiger partial charge in [0, 0.05) is 13.1 Å². The van der Waals surface area contributed by atoms with Gasteiger partial charge in [-0.1, -0.05) is 18.2 Å². The van der Waals surface area contributed by atoms with Gasteiger partial charge in [-0.15, -0.1) is 5.10 Å². The molecule has 0 radical (unpaired) electrons. The summed E-state index contributed by atoms with van der Waals surface area (Å²) < 4.78 is 5.46. The van der Waals surface area contributed by atoms with Gasteiger partial charge in [0.2, 0.25) is 0 Å². The van der Waals surface area contributed by atoms with E-state index in [4.69, 9.17) is 4.74 Å². The molecule has 0 bridgehead atoms. The quantitative estimate of drug-likeness (QED) is 0.838. The van der Waals surface area contributed by atoms with Crippen LogP contribution in [0.15, 0.2) is 30.3 Å². The second-order valence-corrected chi connectivity index (χ2v) is 5.19. The van der Waals surface area contributed by atoms with E-state index in [0.717, 1.165) is 5.69 Å². The molecule has 1 saturated heterocycles. The zero-order valence-corrected chi connectivity index (χ0v) is 12.2. The molecule has 2 heterocycles. The lowest BCUT2D eigenvalue weighted by Crippen LogP contribution is -2.44. The van der Waals surface area contributed by atoms with E-state index < -0.39 is 0 Å². The minimum Gasteiger partial charge on any atom is -0.375 e. The van der Waals surface area contributed by atoms with Crippen LogP contribution in [0.3, 0.4) is 0 Å². The van der Waals surface area contributed by atoms with Gasteiger partial charge in [0.25, 0.3) is 5.91 Å². The van der Waals surface area contributed by atoms with Crippen molar-refractivity contribution in [2.75, 3.05) is 19.7 Å². The third-order valence-electron chi connectivity index (χ3n) is 3.50. The molecule has 1 aromatic heterocycles. The molecule has 0 N–H and O–H groups in total. The van der Waals surface area contributed by atoms with Gasteiger partial charge < -0.3 is 9.64 Å². The average Bonchev–Trinajstić information content (AvgIpc) is 2.89. The molecule has 0 saturated carbocycles. The number of morpholine rings is 1. The lowest BCUT2D eigenvalue weighted by Gasteiger charge is -2.30. The molecule has 1 aliphatic heterocycles. The molecular formula is C15H18N4O2. The predicted octanol–water partition coefficient (Wildman–Crippen LogP) is 1.44. The van der Waals surface area contributed by atoms with Crippen molar-refractivity contribution < 1.29 is 9.53 Å². The van der Waals surface area contributed by atoms with Crippen molar-refractivity contribution in [1.82, 2.24) is 19.9 Å². The van der Waals surface area contributed by atoms with Crippen LogP contribution in [0.4, 0.5) is 0 Å². The standard InChI is InChI=1S/C15H18N4O2/c1-11-10-18(8-9-21-11)15(20)14-12(2)16-19(17-14)13-6-4-3-5-7-13/h3-7,11H,8-10H2,1-2H3/t11-/m1/s1. The molecule has 0 spiro atoms. The Hall–Kier alpha value is -2.21. The van der Waals surface area contributed by atoms with E-state index >= 15 is 0 Å². The van der Waals surface area contributed by atoms with E-state index in [9.17, 15) is 4.79 Å². The number of carbonyl (C=O) groups is 1. The number of hydrogen-bond donors (Lipinski definition) is 0. The average molecular weight is 286 g/mol. The Balaban J connectivity index is 1.86. The van der Waals surface area contributed by atoms with Crippen LogP contribution in [0, 0.1) is 6.92 Å². The van der Waals surface area contributed by atoms with Gasteiger partial charge in [0.05, 0.1) is 24.1 Å². The number of nitrogens with zero attached hydrogens (tertiary/aromatic N) is 4. The second-order valence-electron chi connectivity index (χ2n) is 5.19. The number of ether oxygens (including phenoxy) is 1. The Morgan fingerprint density at radius 1 is 1.29 bits per heavy atom. The SMILES string of the molecule is Cc1nn(-c2ccccc2)nc1C(=O)N1CCO[C@H](C)C1. The molecule has 6 nitrogen and oxygen atoms in total. The summed E-state index contributed by atoms with van der Waals surface area (Å²) in [7, 11) is 0. The fraction of sp³-hybridized carbons (Fsp3) is 0.400. The van der Waals surface area contributed by atoms with E-state index in [-0.39, 0.29) is 12.0 Å². The normalized spacial score (nSPS) is 18.8. The summed E-state index contributed by atoms with van der Waals surface area (Å²) >= 11 is 0. The molecule has 0 aliphatic carbocycles. The van der Waals surface area contributed by atoms with Crippen molar-refractivity contribution in [2.45, 2.75) is 20.0 Å². The molecule has 110 valence electrons. The number of carbonyl (C=O) groups excluding carboxylic acids is 1. The lowest BCUT2D eigenvalue weighted by molar-refractivity contribution is -0.0126. The molecule has 1 atom stereocenters. The monoisotopic (exact) mass is 286 g/mol. The number of aryl methyl sites for hydroxylation is 1. The first-order valence-corrected chi connectivity index (χ1v) is 7.05. The topological polar surface area (TPSA) is 60.2 Å². The van der Waals surface area contributed by atoms with Crippen LogP contribution in [0.2, 0.25) is 0 Å². The molecule has 1 amide bonds. The van der Waals surface area contributed by atoms with Crippen LogP contribution in [0.25, 0.3) is 5.69 Å². The zero-order chi connectivity index (χ0) is 14.8. The third kappa shape index (κ3) is 2.80. The molecule has 1 aliphatic rings. The first-order chi connectivity index (χ1) is 10.1. The van der Waals surface area contributed by atoms with Crippen molar-refractivity contribution in [3.05, 3.63) is 41.7 Å². The Bertz CT molecular complexity index is 638. The number of hydrogen-bond acceptors (Lipinski definition) is 4. The summed E-state index contributed by atoms with van der Waals surface area (Å²) in [5, 5.41) is 8.70. The predicted molar refractivity (Wildman–Crippen MR) is 77.4 cm³/mol. The Morgan fingerprint density at radius 2 is 2.05 bits per heavy atom. The van der Waals surface area contributed by atoms with Gasteiger partial charge in [0.1, 0.15) is 0 Å². The van der Waals surface area contributed by atoms with Crippen LogP contribution in [0.5, 0.6) is 0 Å². The molecule has 0 unspecified atom stereocenters. The number of amides is 1. The number of rotatable bonds is 2. The molecule has 2 aromatic rings. The van der Waals surface area contributed by atoms with Crippen molar-refractivity contribution in [3.63, 3.8) is 0 Å². The third-order valence-corrected chi connectivity index (χ3v) is 3.50. The minimum atomic E-state index is -0.0789. The van der Waals surface area contributed by atoms with Crippen LogP contribution in [-0.4, -0.2) is 51.6 Å². The number of benzene rings is 1. The maximum absolute atomic E-state index is 12.6. The van der Waals surface area contributed by atoms with Crippen LogP contribution in [0.1, 0.15) is 23.1 Å². The highest BCUT2D eigenvalue weighted by Crippen LogP contribution is 2.13. The molecule has 1 aromatic carbocycles. The van der Waals surface area contributed by atoms with Crippen molar-refractivity contribution in [1.29, 1.82) is 0 Å². The Kier molecular flexibility index (Phi) is 3.70. The Labute approximate surface area is 123 Å². The van der Waals surface area contributed by atoms with Crippen LogP contribution >= 0.6 is 0 Å².